The smallest absolute Gasteiger partial charge is 0.324 e. The number of rotatable bonds is 3. The number of hydrogen-bond acceptors (Lipinski definition) is 9. The Morgan fingerprint density at radius 3 is 2.03 bits per heavy atom. The summed E-state index contributed by atoms with van der Waals surface area (Å²) < 4.78 is 0. The molecule has 0 aliphatic rings. The van der Waals surface area contributed by atoms with Gasteiger partial charge in [-0.3, -0.25) is 30.3 Å². The van der Waals surface area contributed by atoms with Gasteiger partial charge in [-0.1, -0.05) is 30.3 Å². The van der Waals surface area contributed by atoms with Crippen molar-refractivity contribution in [3.05, 3.63) is 78.9 Å². The second-order valence-corrected chi connectivity index (χ2v) is 5.58. The van der Waals surface area contributed by atoms with Crippen LogP contribution < -0.4 is 0 Å². The first-order valence-electron chi connectivity index (χ1n) is 7.78. The van der Waals surface area contributed by atoms with Crippen LogP contribution in [0.3, 0.4) is 0 Å². The van der Waals surface area contributed by atoms with Crippen LogP contribution in [0.5, 0.6) is 5.75 Å². The number of non-ortho nitro benzene ring substituents is 1. The van der Waals surface area contributed by atoms with Crippen LogP contribution in [0.2, 0.25) is 0 Å². The monoisotopic (exact) mass is 398 g/mol. The fourth-order valence-electron chi connectivity index (χ4n) is 2.55. The van der Waals surface area contributed by atoms with E-state index in [-0.39, 0.29) is 0 Å². The van der Waals surface area contributed by atoms with Crippen molar-refractivity contribution in [3.8, 4) is 5.75 Å². The third-order valence-electron chi connectivity index (χ3n) is 3.87. The number of aromatic nitrogens is 3. The molecule has 0 aliphatic heterocycles. The number of aromatic hydroxyl groups is 1. The Kier molecular flexibility index (Phi) is 4.95. The number of hydrogen-bond donors (Lipinski definition) is 2. The fourth-order valence-corrected chi connectivity index (χ4v) is 2.55. The molecule has 0 saturated carbocycles. The van der Waals surface area contributed by atoms with E-state index < -0.39 is 37.6 Å². The van der Waals surface area contributed by atoms with Crippen molar-refractivity contribution in [3.63, 3.8) is 0 Å². The van der Waals surface area contributed by atoms with Gasteiger partial charge in [0.1, 0.15) is 11.0 Å². The Hall–Kier alpha value is -4.68. The summed E-state index contributed by atoms with van der Waals surface area (Å²) in [7, 11) is 0. The van der Waals surface area contributed by atoms with E-state index in [0.29, 0.717) is 12.1 Å². The largest absolute Gasteiger partial charge is 0.497 e. The predicted molar refractivity (Wildman–Crippen MR) is 99.5 cm³/mol. The molecule has 0 bridgehead atoms. The molecule has 2 N–H and O–H groups in total. The minimum absolute atomic E-state index is 0.447. The predicted octanol–water partition coefficient (Wildman–Crippen LogP) is 3.23. The van der Waals surface area contributed by atoms with Crippen LogP contribution in [-0.4, -0.2) is 35.3 Å². The van der Waals surface area contributed by atoms with Crippen molar-refractivity contribution >= 4 is 38.9 Å². The average Bonchev–Trinajstić information content (AvgIpc) is 3.17. The molecule has 3 aromatic carbocycles. The van der Waals surface area contributed by atoms with Gasteiger partial charge in [0.15, 0.2) is 0 Å². The van der Waals surface area contributed by atoms with E-state index in [1.54, 1.807) is 0 Å². The molecular formula is C16H10N6O7. The molecule has 0 fully saturated rings. The molecular weight excluding hydrogens is 388 g/mol. The van der Waals surface area contributed by atoms with Crippen molar-refractivity contribution in [2.45, 2.75) is 0 Å². The Morgan fingerprint density at radius 2 is 1.45 bits per heavy atom. The number of nitrogens with one attached hydrogen (secondary N) is 1. The summed E-state index contributed by atoms with van der Waals surface area (Å²) in [4.78, 5) is 27.8. The highest BCUT2D eigenvalue weighted by Crippen LogP contribution is 2.38. The van der Waals surface area contributed by atoms with E-state index in [0.717, 1.165) is 16.4 Å². The summed E-state index contributed by atoms with van der Waals surface area (Å²) in [6.45, 7) is 0. The summed E-state index contributed by atoms with van der Waals surface area (Å²) in [6, 6.07) is 13.1. The highest BCUT2D eigenvalue weighted by Gasteiger charge is 2.30. The van der Waals surface area contributed by atoms with E-state index in [9.17, 15) is 30.3 Å². The normalized spacial score (nSPS) is 10.3. The van der Waals surface area contributed by atoms with Gasteiger partial charge in [-0.2, -0.15) is 15.4 Å². The van der Waals surface area contributed by atoms with Crippen LogP contribution in [0.4, 0.5) is 17.1 Å². The maximum atomic E-state index is 10.4. The SMILES string of the molecule is O=[N+]([O-])c1cc([N+](=O)[O-])c(O)c([N+](=O)[O-])c1.c1ccc2c(c1)ccc1n[nH]nc12. The minimum atomic E-state index is -1.21. The third kappa shape index (κ3) is 3.73. The number of phenolic OH excluding ortho intramolecular Hbond substituents is 1. The Balaban J connectivity index is 0.000000168. The first-order chi connectivity index (χ1) is 13.8. The molecule has 0 saturated heterocycles. The summed E-state index contributed by atoms with van der Waals surface area (Å²) in [5.74, 6) is -1.21. The van der Waals surface area contributed by atoms with Crippen molar-refractivity contribution in [1.29, 1.82) is 0 Å². The average molecular weight is 398 g/mol. The van der Waals surface area contributed by atoms with Gasteiger partial charge in [0, 0.05) is 5.39 Å². The Bertz CT molecular complexity index is 1230. The van der Waals surface area contributed by atoms with Gasteiger partial charge in [0.05, 0.1) is 26.9 Å². The summed E-state index contributed by atoms with van der Waals surface area (Å²) in [5.41, 5.74) is -1.14. The van der Waals surface area contributed by atoms with Gasteiger partial charge in [-0.25, -0.2) is 0 Å². The van der Waals surface area contributed by atoms with Gasteiger partial charge < -0.3 is 5.11 Å². The molecule has 0 radical (unpaired) electrons. The zero-order chi connectivity index (χ0) is 21.1. The number of nitro benzene ring substituents is 3. The summed E-state index contributed by atoms with van der Waals surface area (Å²) in [5, 5.41) is 53.3. The number of phenols is 1. The molecule has 13 heteroatoms. The van der Waals surface area contributed by atoms with Crippen LogP contribution in [0.1, 0.15) is 0 Å². The second-order valence-electron chi connectivity index (χ2n) is 5.58. The van der Waals surface area contributed by atoms with Crippen molar-refractivity contribution in [2.24, 2.45) is 0 Å². The summed E-state index contributed by atoms with van der Waals surface area (Å²) in [6.07, 6.45) is 0. The van der Waals surface area contributed by atoms with Crippen molar-refractivity contribution in [1.82, 2.24) is 15.4 Å². The minimum Gasteiger partial charge on any atom is -0.497 e. The van der Waals surface area contributed by atoms with E-state index in [4.69, 9.17) is 5.11 Å². The number of benzene rings is 3. The number of fused-ring (bicyclic) bond motifs is 3. The molecule has 0 spiro atoms. The maximum Gasteiger partial charge on any atom is 0.324 e. The van der Waals surface area contributed by atoms with Crippen LogP contribution in [0.25, 0.3) is 21.8 Å². The zero-order valence-electron chi connectivity index (χ0n) is 14.3. The van der Waals surface area contributed by atoms with Crippen molar-refractivity contribution in [2.75, 3.05) is 0 Å². The van der Waals surface area contributed by atoms with Gasteiger partial charge in [0.2, 0.25) is 0 Å². The molecule has 4 rings (SSSR count). The molecule has 13 nitrogen and oxygen atoms in total. The molecule has 0 atom stereocenters. The molecule has 0 aliphatic carbocycles. The van der Waals surface area contributed by atoms with Gasteiger partial charge in [0.25, 0.3) is 11.4 Å². The van der Waals surface area contributed by atoms with Crippen LogP contribution >= 0.6 is 0 Å². The standard InChI is InChI=1S/C10H7N3.C6H3N3O7/c1-2-4-8-7(3-1)5-6-9-10(8)12-13-11-9;10-6-4(8(13)14)1-3(7(11)12)2-5(6)9(15)16/h1-6H,(H,11,12,13);1-2,10H. The van der Waals surface area contributed by atoms with E-state index in [1.165, 1.54) is 5.39 Å². The molecule has 146 valence electrons. The van der Waals surface area contributed by atoms with E-state index in [2.05, 4.69) is 33.6 Å². The number of nitro groups is 3. The topological polar surface area (TPSA) is 191 Å². The molecule has 1 heterocycles. The molecule has 0 unspecified atom stereocenters. The highest BCUT2D eigenvalue weighted by atomic mass is 16.6. The molecule has 29 heavy (non-hydrogen) atoms. The van der Waals surface area contributed by atoms with E-state index in [1.807, 2.05) is 18.2 Å². The van der Waals surface area contributed by atoms with Crippen LogP contribution in [0.15, 0.2) is 48.5 Å². The Labute approximate surface area is 159 Å². The second kappa shape index (κ2) is 7.51. The third-order valence-corrected chi connectivity index (χ3v) is 3.87. The van der Waals surface area contributed by atoms with Crippen molar-refractivity contribution < 1.29 is 19.9 Å². The van der Waals surface area contributed by atoms with Gasteiger partial charge >= 0.3 is 11.4 Å². The molecule has 0 amide bonds. The van der Waals surface area contributed by atoms with Gasteiger partial charge in [-0.05, 0) is 11.5 Å². The van der Waals surface area contributed by atoms with E-state index >= 15 is 0 Å². The lowest BCUT2D eigenvalue weighted by Crippen LogP contribution is -1.97. The first kappa shape index (κ1) is 19.1. The lowest BCUT2D eigenvalue weighted by Gasteiger charge is -1.97. The molecule has 4 aromatic rings. The van der Waals surface area contributed by atoms with Crippen LogP contribution in [0, 0.1) is 30.3 Å². The molecule has 1 aromatic heterocycles. The number of H-pyrrole nitrogens is 1. The maximum absolute atomic E-state index is 10.4. The highest BCUT2D eigenvalue weighted by molar-refractivity contribution is 6.03. The quantitative estimate of drug-likeness (QED) is 0.385. The fraction of sp³-hybridized carbons (Fsp3) is 0. The first-order valence-corrected chi connectivity index (χ1v) is 7.78. The summed E-state index contributed by atoms with van der Waals surface area (Å²) >= 11 is 0. The lowest BCUT2D eigenvalue weighted by atomic mass is 10.1. The zero-order valence-corrected chi connectivity index (χ0v) is 14.3. The Morgan fingerprint density at radius 1 is 0.828 bits per heavy atom. The van der Waals surface area contributed by atoms with Crippen LogP contribution in [-0.2, 0) is 0 Å². The van der Waals surface area contributed by atoms with Gasteiger partial charge in [-0.15, -0.1) is 0 Å². The number of nitrogens with zero attached hydrogens (tertiary/aromatic N) is 5. The lowest BCUT2D eigenvalue weighted by molar-refractivity contribution is -0.404. The number of aromatic amines is 1.